The van der Waals surface area contributed by atoms with Crippen molar-refractivity contribution in [1.29, 1.82) is 0 Å². The lowest BCUT2D eigenvalue weighted by atomic mass is 10.4. The molecular formula is C7H17N. The number of nitrogens with one attached hydrogen (secondary N) is 1. The first-order valence-electron chi connectivity index (χ1n) is 3.50. The second-order valence-electron chi connectivity index (χ2n) is 2.27. The van der Waals surface area contributed by atoms with Crippen LogP contribution in [0.4, 0.5) is 0 Å². The Morgan fingerprint density at radius 3 is 1.00 bits per heavy atom. The SMILES string of the molecule is C1CCCC1.CNC. The second-order valence-corrected chi connectivity index (χ2v) is 2.27. The molecule has 0 aliphatic heterocycles. The fraction of sp³-hybridized carbons (Fsp3) is 1.00. The number of hydrogen-bond acceptors (Lipinski definition) is 1. The molecule has 1 N–H and O–H groups in total. The normalized spacial score (nSPS) is 17.2. The maximum Gasteiger partial charge on any atom is -0.0167 e. The fourth-order valence-corrected chi connectivity index (χ4v) is 0.884. The van der Waals surface area contributed by atoms with Gasteiger partial charge >= 0.3 is 0 Å². The third-order valence-corrected chi connectivity index (χ3v) is 1.25. The van der Waals surface area contributed by atoms with E-state index in [1.807, 2.05) is 14.1 Å². The predicted molar refractivity (Wildman–Crippen MR) is 38.1 cm³/mol. The maximum atomic E-state index is 2.75. The highest BCUT2D eigenvalue weighted by molar-refractivity contribution is 4.51. The Labute approximate surface area is 52.5 Å². The summed E-state index contributed by atoms with van der Waals surface area (Å²) in [6, 6.07) is 0. The van der Waals surface area contributed by atoms with Gasteiger partial charge in [0.05, 0.1) is 0 Å². The van der Waals surface area contributed by atoms with Crippen LogP contribution in [-0.2, 0) is 0 Å². The Balaban J connectivity index is 0.000000145. The highest BCUT2D eigenvalue weighted by Gasteiger charge is 1.95. The third kappa shape index (κ3) is 5.96. The molecule has 0 amide bonds. The molecule has 0 aromatic rings. The van der Waals surface area contributed by atoms with Gasteiger partial charge in [-0.2, -0.15) is 0 Å². The highest BCUT2D eigenvalue weighted by atomic mass is 14.7. The minimum atomic E-state index is 1.50. The van der Waals surface area contributed by atoms with Gasteiger partial charge in [0.25, 0.3) is 0 Å². The molecule has 1 rings (SSSR count). The smallest absolute Gasteiger partial charge is 0.0167 e. The molecule has 50 valence electrons. The van der Waals surface area contributed by atoms with Crippen LogP contribution < -0.4 is 5.32 Å². The van der Waals surface area contributed by atoms with Crippen molar-refractivity contribution in [1.82, 2.24) is 5.32 Å². The molecule has 0 aromatic carbocycles. The summed E-state index contributed by atoms with van der Waals surface area (Å²) < 4.78 is 0. The lowest BCUT2D eigenvalue weighted by Gasteiger charge is -1.67. The van der Waals surface area contributed by atoms with Crippen molar-refractivity contribution in [2.45, 2.75) is 32.1 Å². The summed E-state index contributed by atoms with van der Waals surface area (Å²) in [7, 11) is 3.75. The van der Waals surface area contributed by atoms with Crippen molar-refractivity contribution < 1.29 is 0 Å². The van der Waals surface area contributed by atoms with Crippen molar-refractivity contribution in [3.8, 4) is 0 Å². The molecule has 0 unspecified atom stereocenters. The van der Waals surface area contributed by atoms with Crippen LogP contribution in [0.2, 0.25) is 0 Å². The standard InChI is InChI=1S/C5H10.C2H7N/c1-2-4-5-3-1;1-3-2/h1-5H2;3H,1-2H3. The molecule has 0 heterocycles. The molecule has 0 saturated heterocycles. The first kappa shape index (κ1) is 7.96. The van der Waals surface area contributed by atoms with Crippen LogP contribution in [0.15, 0.2) is 0 Å². The van der Waals surface area contributed by atoms with Crippen LogP contribution in [-0.4, -0.2) is 14.1 Å². The molecule has 0 aromatic heterocycles. The van der Waals surface area contributed by atoms with E-state index in [1.165, 1.54) is 32.1 Å². The first-order valence-corrected chi connectivity index (χ1v) is 3.50. The Hall–Kier alpha value is -0.0400. The van der Waals surface area contributed by atoms with Crippen molar-refractivity contribution in [2.24, 2.45) is 0 Å². The van der Waals surface area contributed by atoms with E-state index in [4.69, 9.17) is 0 Å². The zero-order chi connectivity index (χ0) is 6.24. The zero-order valence-electron chi connectivity index (χ0n) is 6.04. The Kier molecular flexibility index (Phi) is 6.93. The molecule has 1 nitrogen and oxygen atoms in total. The van der Waals surface area contributed by atoms with Crippen molar-refractivity contribution in [3.63, 3.8) is 0 Å². The van der Waals surface area contributed by atoms with E-state index in [0.29, 0.717) is 0 Å². The quantitative estimate of drug-likeness (QED) is 0.507. The Morgan fingerprint density at radius 2 is 0.875 bits per heavy atom. The highest BCUT2D eigenvalue weighted by Crippen LogP contribution is 2.15. The summed E-state index contributed by atoms with van der Waals surface area (Å²) >= 11 is 0. The largest absolute Gasteiger partial charge is 0.323 e. The van der Waals surface area contributed by atoms with Crippen LogP contribution in [0.5, 0.6) is 0 Å². The lowest BCUT2D eigenvalue weighted by molar-refractivity contribution is 0.886. The summed E-state index contributed by atoms with van der Waals surface area (Å²) in [5.74, 6) is 0. The molecule has 0 bridgehead atoms. The van der Waals surface area contributed by atoms with Crippen LogP contribution in [0.1, 0.15) is 32.1 Å². The Morgan fingerprint density at radius 1 is 0.750 bits per heavy atom. The maximum absolute atomic E-state index is 2.75. The van der Waals surface area contributed by atoms with Gasteiger partial charge in [0.1, 0.15) is 0 Å². The molecule has 1 heteroatoms. The van der Waals surface area contributed by atoms with Crippen LogP contribution in [0.25, 0.3) is 0 Å². The van der Waals surface area contributed by atoms with Crippen molar-refractivity contribution in [2.75, 3.05) is 14.1 Å². The monoisotopic (exact) mass is 115 g/mol. The van der Waals surface area contributed by atoms with E-state index in [0.717, 1.165) is 0 Å². The number of hydrogen-bond donors (Lipinski definition) is 1. The molecule has 0 radical (unpaired) electrons. The molecule has 8 heavy (non-hydrogen) atoms. The summed E-state index contributed by atoms with van der Waals surface area (Å²) in [5.41, 5.74) is 0. The van der Waals surface area contributed by atoms with Gasteiger partial charge in [0, 0.05) is 0 Å². The van der Waals surface area contributed by atoms with E-state index >= 15 is 0 Å². The van der Waals surface area contributed by atoms with Gasteiger partial charge in [0.15, 0.2) is 0 Å². The van der Waals surface area contributed by atoms with E-state index in [9.17, 15) is 0 Å². The van der Waals surface area contributed by atoms with E-state index in [-0.39, 0.29) is 0 Å². The van der Waals surface area contributed by atoms with E-state index in [2.05, 4.69) is 5.32 Å². The summed E-state index contributed by atoms with van der Waals surface area (Å²) in [5, 5.41) is 2.75. The van der Waals surface area contributed by atoms with Gasteiger partial charge in [0.2, 0.25) is 0 Å². The summed E-state index contributed by atoms with van der Waals surface area (Å²) in [6.45, 7) is 0. The summed E-state index contributed by atoms with van der Waals surface area (Å²) in [6.07, 6.45) is 7.50. The molecule has 1 aliphatic carbocycles. The van der Waals surface area contributed by atoms with Gasteiger partial charge in [-0.1, -0.05) is 32.1 Å². The topological polar surface area (TPSA) is 12.0 Å². The van der Waals surface area contributed by atoms with Crippen LogP contribution in [0, 0.1) is 0 Å². The molecule has 1 fully saturated rings. The van der Waals surface area contributed by atoms with Crippen LogP contribution in [0.3, 0.4) is 0 Å². The van der Waals surface area contributed by atoms with Crippen molar-refractivity contribution in [3.05, 3.63) is 0 Å². The Bertz CT molecular complexity index is 23.8. The fourth-order valence-electron chi connectivity index (χ4n) is 0.884. The molecular weight excluding hydrogens is 98.1 g/mol. The van der Waals surface area contributed by atoms with E-state index in [1.54, 1.807) is 0 Å². The average Bonchev–Trinajstić information content (AvgIpc) is 2.17. The first-order chi connectivity index (χ1) is 3.91. The number of rotatable bonds is 0. The van der Waals surface area contributed by atoms with Gasteiger partial charge in [-0.05, 0) is 14.1 Å². The zero-order valence-corrected chi connectivity index (χ0v) is 6.04. The summed E-state index contributed by atoms with van der Waals surface area (Å²) in [4.78, 5) is 0. The molecule has 0 spiro atoms. The van der Waals surface area contributed by atoms with Crippen LogP contribution >= 0.6 is 0 Å². The average molecular weight is 115 g/mol. The van der Waals surface area contributed by atoms with Gasteiger partial charge in [-0.25, -0.2) is 0 Å². The van der Waals surface area contributed by atoms with Crippen molar-refractivity contribution >= 4 is 0 Å². The lowest BCUT2D eigenvalue weighted by Crippen LogP contribution is -1.89. The van der Waals surface area contributed by atoms with Gasteiger partial charge < -0.3 is 5.32 Å². The van der Waals surface area contributed by atoms with E-state index < -0.39 is 0 Å². The minimum Gasteiger partial charge on any atom is -0.323 e. The molecule has 1 saturated carbocycles. The minimum absolute atomic E-state index is 1.50. The molecule has 0 atom stereocenters. The van der Waals surface area contributed by atoms with Gasteiger partial charge in [-0.3, -0.25) is 0 Å². The van der Waals surface area contributed by atoms with Gasteiger partial charge in [-0.15, -0.1) is 0 Å². The molecule has 1 aliphatic rings. The predicted octanol–water partition coefficient (Wildman–Crippen LogP) is 1.79. The second kappa shape index (κ2) is 6.96. The third-order valence-electron chi connectivity index (χ3n) is 1.25.